The van der Waals surface area contributed by atoms with Crippen LogP contribution in [0.3, 0.4) is 0 Å². The van der Waals surface area contributed by atoms with E-state index in [2.05, 4.69) is 27.6 Å². The van der Waals surface area contributed by atoms with Crippen molar-refractivity contribution >= 4 is 11.8 Å². The van der Waals surface area contributed by atoms with Gasteiger partial charge < -0.3 is 10.2 Å². The molecule has 6 nitrogen and oxygen atoms in total. The summed E-state index contributed by atoms with van der Waals surface area (Å²) in [7, 11) is 0. The molecule has 2 aromatic carbocycles. The van der Waals surface area contributed by atoms with Crippen LogP contribution in [0.2, 0.25) is 0 Å². The van der Waals surface area contributed by atoms with Gasteiger partial charge in [0.15, 0.2) is 0 Å². The Morgan fingerprint density at radius 2 is 1.84 bits per heavy atom. The van der Waals surface area contributed by atoms with E-state index in [1.807, 2.05) is 53.6 Å². The molecule has 0 bridgehead atoms. The molecular weight excluding hydrogens is 388 g/mol. The second kappa shape index (κ2) is 10.1. The van der Waals surface area contributed by atoms with Crippen LogP contribution in [0.4, 0.5) is 0 Å². The number of carbonyl (C=O) groups excluding carboxylic acids is 2. The number of benzene rings is 2. The number of aryl methyl sites for hydroxylation is 1. The first kappa shape index (κ1) is 20.8. The molecule has 0 radical (unpaired) electrons. The monoisotopic (exact) mass is 416 g/mol. The highest BCUT2D eigenvalue weighted by molar-refractivity contribution is 5.94. The van der Waals surface area contributed by atoms with Gasteiger partial charge in [0.25, 0.3) is 5.91 Å². The number of piperidine rings is 1. The second-order valence-corrected chi connectivity index (χ2v) is 8.11. The fourth-order valence-corrected chi connectivity index (χ4v) is 4.07. The Morgan fingerprint density at radius 3 is 2.58 bits per heavy atom. The predicted octanol–water partition coefficient (Wildman–Crippen LogP) is 3.68. The molecule has 2 heterocycles. The van der Waals surface area contributed by atoms with Crippen LogP contribution < -0.4 is 5.32 Å². The van der Waals surface area contributed by atoms with Gasteiger partial charge in [0.05, 0.1) is 6.20 Å². The van der Waals surface area contributed by atoms with Crippen molar-refractivity contribution < 1.29 is 9.59 Å². The van der Waals surface area contributed by atoms with Crippen molar-refractivity contribution in [2.45, 2.75) is 25.7 Å². The van der Waals surface area contributed by atoms with E-state index < -0.39 is 0 Å². The number of rotatable bonds is 7. The summed E-state index contributed by atoms with van der Waals surface area (Å²) in [5.74, 6) is 0.399. The molecule has 0 aliphatic carbocycles. The summed E-state index contributed by atoms with van der Waals surface area (Å²) in [4.78, 5) is 27.1. The van der Waals surface area contributed by atoms with E-state index in [9.17, 15) is 9.59 Å². The largest absolute Gasteiger partial charge is 0.352 e. The molecule has 1 aromatic heterocycles. The highest BCUT2D eigenvalue weighted by Gasteiger charge is 2.24. The fraction of sp³-hybridized carbons (Fsp3) is 0.320. The molecule has 1 aliphatic rings. The Kier molecular flexibility index (Phi) is 6.77. The third kappa shape index (κ3) is 5.60. The molecule has 4 rings (SSSR count). The van der Waals surface area contributed by atoms with Crippen molar-refractivity contribution in [3.05, 3.63) is 78.1 Å². The van der Waals surface area contributed by atoms with Gasteiger partial charge in [-0.05, 0) is 54.0 Å². The number of nitrogens with zero attached hydrogens (tertiary/aromatic N) is 2. The fourth-order valence-electron chi connectivity index (χ4n) is 4.07. The Labute approximate surface area is 182 Å². The van der Waals surface area contributed by atoms with Crippen molar-refractivity contribution in [2.75, 3.05) is 19.6 Å². The number of likely N-dealkylation sites (tertiary alicyclic amines) is 1. The van der Waals surface area contributed by atoms with Crippen LogP contribution in [-0.4, -0.2) is 46.5 Å². The Balaban J connectivity index is 1.25. The molecule has 6 heteroatoms. The summed E-state index contributed by atoms with van der Waals surface area (Å²) < 4.78 is 0. The molecule has 1 aliphatic heterocycles. The molecule has 31 heavy (non-hydrogen) atoms. The summed E-state index contributed by atoms with van der Waals surface area (Å²) in [5.41, 5.74) is 3.93. The smallest absolute Gasteiger partial charge is 0.251 e. The van der Waals surface area contributed by atoms with E-state index in [4.69, 9.17) is 0 Å². The van der Waals surface area contributed by atoms with Crippen molar-refractivity contribution in [1.82, 2.24) is 20.4 Å². The number of carbonyl (C=O) groups is 2. The van der Waals surface area contributed by atoms with Gasteiger partial charge in [0.2, 0.25) is 5.91 Å². The lowest BCUT2D eigenvalue weighted by molar-refractivity contribution is -0.132. The normalized spacial score (nSPS) is 16.1. The quantitative estimate of drug-likeness (QED) is 0.617. The van der Waals surface area contributed by atoms with E-state index in [1.54, 1.807) is 6.20 Å². The lowest BCUT2D eigenvalue weighted by Crippen LogP contribution is -2.43. The zero-order valence-corrected chi connectivity index (χ0v) is 17.6. The standard InChI is InChI=1S/C25H28N4O2/c30-24(13-8-19-16-27-28-17-19)29-14-4-5-20(18-29)15-26-25(31)23-11-9-22(10-12-23)21-6-2-1-3-7-21/h1-3,6-7,9-12,16-17,20H,4-5,8,13-15,18H2,(H,26,31)(H,27,28)/t20-/m0/s1. The summed E-state index contributed by atoms with van der Waals surface area (Å²) >= 11 is 0. The van der Waals surface area contributed by atoms with E-state index >= 15 is 0 Å². The van der Waals surface area contributed by atoms with Gasteiger partial charge in [0.1, 0.15) is 0 Å². The lowest BCUT2D eigenvalue weighted by atomic mass is 9.97. The molecule has 160 valence electrons. The highest BCUT2D eigenvalue weighted by atomic mass is 16.2. The Hall–Kier alpha value is -3.41. The summed E-state index contributed by atoms with van der Waals surface area (Å²) in [5, 5.41) is 9.75. The lowest BCUT2D eigenvalue weighted by Gasteiger charge is -2.33. The molecule has 0 unspecified atom stereocenters. The van der Waals surface area contributed by atoms with E-state index in [-0.39, 0.29) is 11.8 Å². The van der Waals surface area contributed by atoms with Crippen molar-refractivity contribution in [3.63, 3.8) is 0 Å². The van der Waals surface area contributed by atoms with E-state index in [0.717, 1.165) is 36.1 Å². The van der Waals surface area contributed by atoms with Crippen molar-refractivity contribution in [3.8, 4) is 11.1 Å². The summed E-state index contributed by atoms with van der Waals surface area (Å²) in [6.45, 7) is 2.10. The van der Waals surface area contributed by atoms with Gasteiger partial charge in [-0.3, -0.25) is 14.7 Å². The first-order valence-electron chi connectivity index (χ1n) is 10.9. The number of nitrogens with one attached hydrogen (secondary N) is 2. The number of H-pyrrole nitrogens is 1. The molecule has 2 amide bonds. The van der Waals surface area contributed by atoms with Crippen LogP contribution in [0.1, 0.15) is 35.2 Å². The number of hydrogen-bond acceptors (Lipinski definition) is 3. The van der Waals surface area contributed by atoms with Crippen molar-refractivity contribution in [2.24, 2.45) is 5.92 Å². The Morgan fingerprint density at radius 1 is 1.06 bits per heavy atom. The maximum absolute atomic E-state index is 12.6. The number of amides is 2. The molecule has 0 saturated carbocycles. The zero-order valence-electron chi connectivity index (χ0n) is 17.6. The minimum atomic E-state index is -0.0666. The first-order valence-corrected chi connectivity index (χ1v) is 10.9. The minimum Gasteiger partial charge on any atom is -0.352 e. The average Bonchev–Trinajstić information content (AvgIpc) is 3.35. The SMILES string of the molecule is O=C(NC[C@@H]1CCCN(C(=O)CCc2cn[nH]c2)C1)c1ccc(-c2ccccc2)cc1. The molecule has 1 saturated heterocycles. The van der Waals surface area contributed by atoms with Crippen LogP contribution in [0, 0.1) is 5.92 Å². The van der Waals surface area contributed by atoms with Crippen LogP contribution >= 0.6 is 0 Å². The van der Waals surface area contributed by atoms with Gasteiger partial charge in [-0.1, -0.05) is 42.5 Å². The van der Waals surface area contributed by atoms with Gasteiger partial charge in [-0.2, -0.15) is 5.10 Å². The first-order chi connectivity index (χ1) is 15.2. The van der Waals surface area contributed by atoms with Crippen LogP contribution in [-0.2, 0) is 11.2 Å². The average molecular weight is 417 g/mol. The summed E-state index contributed by atoms with van der Waals surface area (Å²) in [6.07, 6.45) is 6.78. The Bertz CT molecular complexity index is 984. The molecule has 2 N–H and O–H groups in total. The van der Waals surface area contributed by atoms with Gasteiger partial charge >= 0.3 is 0 Å². The highest BCUT2D eigenvalue weighted by Crippen LogP contribution is 2.20. The number of hydrogen-bond donors (Lipinski definition) is 2. The topological polar surface area (TPSA) is 78.1 Å². The zero-order chi connectivity index (χ0) is 21.5. The number of aromatic nitrogens is 2. The van der Waals surface area contributed by atoms with Gasteiger partial charge in [0, 0.05) is 37.8 Å². The van der Waals surface area contributed by atoms with Crippen LogP contribution in [0.25, 0.3) is 11.1 Å². The molecule has 0 spiro atoms. The van der Waals surface area contributed by atoms with E-state index in [1.165, 1.54) is 0 Å². The molecular formula is C25H28N4O2. The van der Waals surface area contributed by atoms with Gasteiger partial charge in [-0.25, -0.2) is 0 Å². The maximum Gasteiger partial charge on any atom is 0.251 e. The molecule has 1 atom stereocenters. The van der Waals surface area contributed by atoms with Crippen LogP contribution in [0.15, 0.2) is 67.0 Å². The predicted molar refractivity (Wildman–Crippen MR) is 120 cm³/mol. The minimum absolute atomic E-state index is 0.0666. The van der Waals surface area contributed by atoms with Crippen molar-refractivity contribution in [1.29, 1.82) is 0 Å². The molecule has 1 fully saturated rings. The van der Waals surface area contributed by atoms with Crippen LogP contribution in [0.5, 0.6) is 0 Å². The van der Waals surface area contributed by atoms with Gasteiger partial charge in [-0.15, -0.1) is 0 Å². The summed E-state index contributed by atoms with van der Waals surface area (Å²) in [6, 6.07) is 17.8. The third-order valence-corrected chi connectivity index (χ3v) is 5.86. The maximum atomic E-state index is 12.6. The molecule has 3 aromatic rings. The number of aromatic amines is 1. The third-order valence-electron chi connectivity index (χ3n) is 5.86. The van der Waals surface area contributed by atoms with E-state index in [0.29, 0.717) is 37.4 Å². The second-order valence-electron chi connectivity index (χ2n) is 8.11.